The Labute approximate surface area is 134 Å². The zero-order valence-electron chi connectivity index (χ0n) is 11.3. The Morgan fingerprint density at radius 1 is 1.32 bits per heavy atom. The number of nitrogens with zero attached hydrogens (tertiary/aromatic N) is 3. The number of benzodiazepines with no additional fused rings is 1. The molecule has 2 N–H and O–H groups in total. The highest BCUT2D eigenvalue weighted by Gasteiger charge is 2.27. The molecule has 0 fully saturated rings. The highest BCUT2D eigenvalue weighted by molar-refractivity contribution is 6.32. The summed E-state index contributed by atoms with van der Waals surface area (Å²) in [4.78, 5) is 22.2. The van der Waals surface area contributed by atoms with E-state index in [2.05, 4.69) is 9.98 Å². The topological polar surface area (TPSA) is 71.6 Å². The number of rotatable bonds is 1. The Balaban J connectivity index is 0.00000176. The second-order valence-electron chi connectivity index (χ2n) is 4.72. The third kappa shape index (κ3) is 2.73. The molecule has 1 unspecified atom stereocenters. The van der Waals surface area contributed by atoms with Crippen LogP contribution in [0.15, 0.2) is 47.7 Å². The smallest absolute Gasteiger partial charge is 0.266 e. The van der Waals surface area contributed by atoms with Gasteiger partial charge in [0, 0.05) is 35.6 Å². The maximum atomic E-state index is 12.2. The van der Waals surface area contributed by atoms with E-state index in [0.717, 1.165) is 16.8 Å². The Morgan fingerprint density at radius 3 is 2.77 bits per heavy atom. The fraction of sp³-hybridized carbons (Fsp3) is 0.188. The molecule has 1 aliphatic rings. The van der Waals surface area contributed by atoms with Crippen LogP contribution in [0, 0.1) is 0 Å². The molecular formula is C16H17ClN4O. The molecule has 0 spiro atoms. The number of halogens is 1. The highest BCUT2D eigenvalue weighted by Crippen LogP contribution is 2.29. The number of carbonyl (C=O) groups is 1. The van der Waals surface area contributed by atoms with Crippen LogP contribution < -0.4 is 10.6 Å². The standard InChI is InChI=1S/C15H13ClN4O.CH4/c1-20-12-5-4-10(16)7-11(12)13(19-14(17)15(20)21)9-3-2-6-18-8-9;/h2-8,14H,17H2,1H3;1H4. The van der Waals surface area contributed by atoms with Crippen molar-refractivity contribution in [1.82, 2.24) is 4.98 Å². The number of nitrogens with two attached hydrogens (primary N) is 1. The second kappa shape index (κ2) is 6.25. The first-order valence-corrected chi connectivity index (χ1v) is 6.77. The molecule has 22 heavy (non-hydrogen) atoms. The summed E-state index contributed by atoms with van der Waals surface area (Å²) in [6, 6.07) is 9.00. The molecule has 2 aromatic rings. The van der Waals surface area contributed by atoms with E-state index in [1.165, 1.54) is 4.90 Å². The summed E-state index contributed by atoms with van der Waals surface area (Å²) in [7, 11) is 1.68. The van der Waals surface area contributed by atoms with Crippen molar-refractivity contribution in [2.45, 2.75) is 13.6 Å². The normalized spacial score (nSPS) is 17.2. The van der Waals surface area contributed by atoms with Gasteiger partial charge in [-0.2, -0.15) is 0 Å². The minimum absolute atomic E-state index is 0. The number of pyridine rings is 1. The Kier molecular flexibility index (Phi) is 4.59. The van der Waals surface area contributed by atoms with E-state index in [9.17, 15) is 4.79 Å². The quantitative estimate of drug-likeness (QED) is 0.878. The number of aromatic nitrogens is 1. The van der Waals surface area contributed by atoms with Gasteiger partial charge in [-0.3, -0.25) is 14.8 Å². The largest absolute Gasteiger partial charge is 0.312 e. The summed E-state index contributed by atoms with van der Waals surface area (Å²) in [6.07, 6.45) is 2.42. The lowest BCUT2D eigenvalue weighted by atomic mass is 10.0. The van der Waals surface area contributed by atoms with Crippen LogP contribution in [0.2, 0.25) is 5.02 Å². The molecule has 0 saturated heterocycles. The van der Waals surface area contributed by atoms with Crippen molar-refractivity contribution >= 4 is 28.9 Å². The van der Waals surface area contributed by atoms with E-state index in [0.29, 0.717) is 10.7 Å². The van der Waals surface area contributed by atoms with Gasteiger partial charge < -0.3 is 10.6 Å². The third-order valence-electron chi connectivity index (χ3n) is 3.36. The van der Waals surface area contributed by atoms with Crippen molar-refractivity contribution in [3.8, 4) is 0 Å². The Bertz CT molecular complexity index is 730. The fourth-order valence-corrected chi connectivity index (χ4v) is 2.48. The van der Waals surface area contributed by atoms with E-state index in [4.69, 9.17) is 17.3 Å². The van der Waals surface area contributed by atoms with Gasteiger partial charge in [-0.1, -0.05) is 19.0 Å². The first-order valence-electron chi connectivity index (χ1n) is 6.39. The minimum atomic E-state index is -0.948. The lowest BCUT2D eigenvalue weighted by Gasteiger charge is -2.19. The third-order valence-corrected chi connectivity index (χ3v) is 3.60. The summed E-state index contributed by atoms with van der Waals surface area (Å²) in [5.41, 5.74) is 8.77. The van der Waals surface area contributed by atoms with Crippen LogP contribution in [-0.4, -0.2) is 29.8 Å². The number of hydrogen-bond acceptors (Lipinski definition) is 4. The number of likely N-dealkylation sites (N-methyl/N-ethyl adjacent to an activating group) is 1. The van der Waals surface area contributed by atoms with Crippen molar-refractivity contribution < 1.29 is 4.79 Å². The van der Waals surface area contributed by atoms with Crippen LogP contribution in [0.25, 0.3) is 0 Å². The van der Waals surface area contributed by atoms with E-state index >= 15 is 0 Å². The van der Waals surface area contributed by atoms with Crippen LogP contribution in [0.3, 0.4) is 0 Å². The molecule has 0 saturated carbocycles. The molecule has 0 radical (unpaired) electrons. The van der Waals surface area contributed by atoms with Crippen molar-refractivity contribution in [2.75, 3.05) is 11.9 Å². The fourth-order valence-electron chi connectivity index (χ4n) is 2.30. The van der Waals surface area contributed by atoms with Crippen LogP contribution in [-0.2, 0) is 4.79 Å². The van der Waals surface area contributed by atoms with Crippen LogP contribution in [0.1, 0.15) is 18.6 Å². The van der Waals surface area contributed by atoms with Crippen molar-refractivity contribution in [3.05, 3.63) is 58.9 Å². The second-order valence-corrected chi connectivity index (χ2v) is 5.16. The van der Waals surface area contributed by atoms with E-state index < -0.39 is 6.17 Å². The molecule has 2 heterocycles. The van der Waals surface area contributed by atoms with Gasteiger partial charge in [0.15, 0.2) is 6.17 Å². The summed E-state index contributed by atoms with van der Waals surface area (Å²) in [5, 5.41) is 0.571. The maximum Gasteiger partial charge on any atom is 0.266 e. The van der Waals surface area contributed by atoms with Crippen LogP contribution >= 0.6 is 11.6 Å². The summed E-state index contributed by atoms with van der Waals surface area (Å²) in [6.45, 7) is 0. The predicted octanol–water partition coefficient (Wildman–Crippen LogP) is 2.47. The number of carbonyl (C=O) groups excluding carboxylic acids is 1. The lowest BCUT2D eigenvalue weighted by molar-refractivity contribution is -0.119. The van der Waals surface area contributed by atoms with Gasteiger partial charge >= 0.3 is 0 Å². The molecule has 1 atom stereocenters. The average molecular weight is 317 g/mol. The summed E-state index contributed by atoms with van der Waals surface area (Å²) < 4.78 is 0. The van der Waals surface area contributed by atoms with E-state index in [-0.39, 0.29) is 13.3 Å². The number of anilines is 1. The average Bonchev–Trinajstić information content (AvgIpc) is 2.59. The van der Waals surface area contributed by atoms with Gasteiger partial charge in [0.1, 0.15) is 0 Å². The first kappa shape index (κ1) is 16.1. The van der Waals surface area contributed by atoms with Gasteiger partial charge in [0.05, 0.1) is 11.4 Å². The molecule has 1 aromatic heterocycles. The van der Waals surface area contributed by atoms with Gasteiger partial charge in [-0.15, -0.1) is 0 Å². The monoisotopic (exact) mass is 316 g/mol. The Morgan fingerprint density at radius 2 is 2.09 bits per heavy atom. The molecule has 1 aromatic carbocycles. The predicted molar refractivity (Wildman–Crippen MR) is 89.4 cm³/mol. The number of fused-ring (bicyclic) bond motifs is 1. The van der Waals surface area contributed by atoms with Gasteiger partial charge in [0.2, 0.25) is 0 Å². The molecule has 6 heteroatoms. The maximum absolute atomic E-state index is 12.2. The van der Waals surface area contributed by atoms with Crippen molar-refractivity contribution in [1.29, 1.82) is 0 Å². The van der Waals surface area contributed by atoms with Crippen LogP contribution in [0.4, 0.5) is 5.69 Å². The highest BCUT2D eigenvalue weighted by atomic mass is 35.5. The molecule has 5 nitrogen and oxygen atoms in total. The molecule has 3 rings (SSSR count). The number of benzene rings is 1. The van der Waals surface area contributed by atoms with Crippen molar-refractivity contribution in [3.63, 3.8) is 0 Å². The number of amides is 1. The van der Waals surface area contributed by atoms with Gasteiger partial charge in [0.25, 0.3) is 5.91 Å². The zero-order valence-corrected chi connectivity index (χ0v) is 12.1. The SMILES string of the molecule is C.CN1C(=O)C(N)N=C(c2cccnc2)c2cc(Cl)ccc21. The Hall–Kier alpha value is -2.24. The van der Waals surface area contributed by atoms with Crippen molar-refractivity contribution in [2.24, 2.45) is 10.7 Å². The molecular weight excluding hydrogens is 300 g/mol. The van der Waals surface area contributed by atoms with E-state index in [1.54, 1.807) is 37.6 Å². The molecule has 0 aliphatic carbocycles. The molecule has 114 valence electrons. The van der Waals surface area contributed by atoms with E-state index in [1.807, 2.05) is 12.1 Å². The lowest BCUT2D eigenvalue weighted by Crippen LogP contribution is -2.39. The molecule has 0 bridgehead atoms. The first-order chi connectivity index (χ1) is 10.1. The number of hydrogen-bond donors (Lipinski definition) is 1. The van der Waals surface area contributed by atoms with Gasteiger partial charge in [-0.05, 0) is 30.3 Å². The molecule has 1 aliphatic heterocycles. The molecule has 1 amide bonds. The zero-order chi connectivity index (χ0) is 15.0. The minimum Gasteiger partial charge on any atom is -0.312 e. The van der Waals surface area contributed by atoms with Gasteiger partial charge in [-0.25, -0.2) is 0 Å². The van der Waals surface area contributed by atoms with Crippen LogP contribution in [0.5, 0.6) is 0 Å². The summed E-state index contributed by atoms with van der Waals surface area (Å²) >= 11 is 6.10. The summed E-state index contributed by atoms with van der Waals surface area (Å²) in [5.74, 6) is -0.266. The number of aliphatic imine (C=N–C) groups is 1.